The fourth-order valence-corrected chi connectivity index (χ4v) is 11.5. The Morgan fingerprint density at radius 2 is 0.431 bits per heavy atom. The fourth-order valence-electron chi connectivity index (χ4n) is 11.5. The van der Waals surface area contributed by atoms with Crippen LogP contribution in [-0.2, 0) is 0 Å². The van der Waals surface area contributed by atoms with Crippen molar-refractivity contribution in [2.75, 3.05) is 12.4 Å². The summed E-state index contributed by atoms with van der Waals surface area (Å²) in [7, 11) is 215. The van der Waals surface area contributed by atoms with Crippen LogP contribution in [0.15, 0.2) is 24.3 Å². The maximum Gasteiger partial charge on any atom is 0.123 e. The van der Waals surface area contributed by atoms with Crippen molar-refractivity contribution in [1.82, 2.24) is 0 Å². The largest absolute Gasteiger partial charge is 0.388 e. The van der Waals surface area contributed by atoms with Gasteiger partial charge in [0.2, 0.25) is 0 Å². The number of anilines is 1. The predicted octanol–water partition coefficient (Wildman–Crippen LogP) is -22.1. The highest BCUT2D eigenvalue weighted by Gasteiger charge is 2.63. The van der Waals surface area contributed by atoms with Crippen LogP contribution in [0.3, 0.4) is 0 Å². The molecule has 65 heteroatoms. The Morgan fingerprint density at radius 3 is 0.569 bits per heavy atom. The van der Waals surface area contributed by atoms with Crippen LogP contribution in [-0.4, -0.2) is 453 Å². The highest BCUT2D eigenvalue weighted by molar-refractivity contribution is 8.38. The van der Waals surface area contributed by atoms with E-state index in [1.807, 2.05) is 0 Å². The molecule has 0 fully saturated rings. The molecule has 72 heavy (non-hydrogen) atoms. The Bertz CT molecular complexity index is 1380. The molecular weight excluding hydrogens is 798 g/mol. The van der Waals surface area contributed by atoms with Crippen LogP contribution >= 0.6 is 0 Å². The molecule has 0 aliphatic rings. The van der Waals surface area contributed by atoms with Gasteiger partial charge in [0.1, 0.15) is 5.82 Å². The van der Waals surface area contributed by atoms with Gasteiger partial charge in [0.05, 0.1) is 0 Å². The molecule has 0 saturated heterocycles. The minimum atomic E-state index is -1.56. The van der Waals surface area contributed by atoms with E-state index in [1.165, 1.54) is 12.1 Å². The van der Waals surface area contributed by atoms with Crippen molar-refractivity contribution in [3.63, 3.8) is 0 Å². The Labute approximate surface area is 494 Å². The van der Waals surface area contributed by atoms with Gasteiger partial charge in [-0.3, -0.25) is 0 Å². The van der Waals surface area contributed by atoms with Gasteiger partial charge in [-0.05, 0) is 24.3 Å². The van der Waals surface area contributed by atoms with Gasteiger partial charge >= 0.3 is 0 Å². The molecule has 0 spiro atoms. The van der Waals surface area contributed by atoms with Gasteiger partial charge in [0.25, 0.3) is 0 Å². The van der Waals surface area contributed by atoms with Crippen LogP contribution in [0.25, 0.3) is 0 Å². The zero-order chi connectivity index (χ0) is 56.7. The van der Waals surface area contributed by atoms with Crippen LogP contribution in [0.1, 0.15) is 0 Å². The number of hydrogen-bond acceptors (Lipinski definition) is 1. The topological polar surface area (TPSA) is 12.0 Å². The van der Waals surface area contributed by atoms with E-state index in [2.05, 4.69) is 5.32 Å². The lowest BCUT2D eigenvalue weighted by Crippen LogP contribution is -2.97. The third-order valence-electron chi connectivity index (χ3n) is 14.2. The summed E-state index contributed by atoms with van der Waals surface area (Å²) < 4.78 is 12.2. The number of hydrogen-bond donors (Lipinski definition) is 1. The van der Waals surface area contributed by atoms with Gasteiger partial charge in [-0.15, -0.1) is 0 Å². The summed E-state index contributed by atoms with van der Waals surface area (Å²) in [4.78, 5) is 0. The van der Waals surface area contributed by atoms with E-state index in [0.29, 0.717) is 0 Å². The standard InChI is InChI=1S/C7H8FN.B63/c1-9-7-4-2-6(8)3-5-7;1-33-49(32)57(48(30)31)61(56(46(26)27)47(28)29)63(60(54(42(18)19)43(20)21)55(44(22)23)45(24)25)62(58(50(34(2)3)35(4)5)51(36(6)7)37(8)9)59(52(38(10)11)39(12)13)53(40(14)15)41(16)17/h2-5,9H,1H3;. The van der Waals surface area contributed by atoms with E-state index in [9.17, 15) is 4.39 Å². The van der Waals surface area contributed by atoms with Crippen LogP contribution in [0.4, 0.5) is 10.1 Å². The molecule has 0 bridgehead atoms. The molecule has 0 unspecified atom stereocenters. The molecular formula is C7H8B63FN. The lowest BCUT2D eigenvalue weighted by molar-refractivity contribution is 0.628. The smallest absolute Gasteiger partial charge is 0.123 e. The molecule has 1 N–H and O–H groups in total. The molecule has 1 rings (SSSR count). The Balaban J connectivity index is 0.00000499. The molecule has 0 atom stereocenters. The second-order valence-corrected chi connectivity index (χ2v) is 19.3. The molecule has 237 valence electrons. The Kier molecular flexibility index (Phi) is 37.3. The first-order chi connectivity index (χ1) is 33.0. The van der Waals surface area contributed by atoms with Crippen molar-refractivity contribution in [3.05, 3.63) is 30.1 Å². The molecule has 0 aromatic heterocycles. The number of halogens is 1. The summed E-state index contributed by atoms with van der Waals surface area (Å²) in [6.45, 7) is 0. The number of nitrogens with one attached hydrogen (secondary N) is 1. The molecule has 0 aliphatic heterocycles. The lowest BCUT2D eigenvalue weighted by Gasteiger charge is -2.59. The van der Waals surface area contributed by atoms with E-state index < -0.39 is 192 Å². The van der Waals surface area contributed by atoms with Crippen LogP contribution in [0.5, 0.6) is 0 Å². The van der Waals surface area contributed by atoms with Gasteiger partial charge < -0.3 is 5.32 Å². The second kappa shape index (κ2) is 35.8. The van der Waals surface area contributed by atoms with E-state index in [1.54, 1.807) is 19.2 Å². The zero-order valence-corrected chi connectivity index (χ0v) is 41.6. The number of rotatable bonds is 31. The summed E-state index contributed by atoms with van der Waals surface area (Å²) in [5.74, 6) is -0.200. The van der Waals surface area contributed by atoms with Crippen molar-refractivity contribution >= 4 is 452 Å². The van der Waals surface area contributed by atoms with Gasteiger partial charge in [-0.25, -0.2) is 4.39 Å². The number of benzene rings is 1. The molecule has 0 amide bonds. The third-order valence-corrected chi connectivity index (χ3v) is 14.2. The maximum atomic E-state index is 12.2. The average Bonchev–Trinajstić information content (AvgIpc) is 3.20. The van der Waals surface area contributed by atoms with Gasteiger partial charge in [-0.1, -0.05) is 0 Å². The second-order valence-electron chi connectivity index (χ2n) is 19.3. The fraction of sp³-hybridized carbons (Fsp3) is 0.143. The minimum absolute atomic E-state index is 0.200. The lowest BCUT2D eigenvalue weighted by atomic mass is 8.22. The molecule has 0 heterocycles. The molecule has 1 aromatic carbocycles. The Hall–Kier alpha value is 3.04. The molecule has 1 aromatic rings. The van der Waals surface area contributed by atoms with E-state index in [-0.39, 0.29) is 5.82 Å². The van der Waals surface area contributed by atoms with Crippen molar-refractivity contribution < 1.29 is 4.39 Å². The normalized spacial score (nSPS) is 9.64. The highest BCUT2D eigenvalue weighted by Crippen LogP contribution is 2.25. The minimum Gasteiger partial charge on any atom is -0.388 e. The summed E-state index contributed by atoms with van der Waals surface area (Å²) >= 11 is 0. The van der Waals surface area contributed by atoms with Crippen LogP contribution in [0.2, 0.25) is 0 Å². The Morgan fingerprint density at radius 1 is 0.278 bits per heavy atom. The molecule has 0 aliphatic carbocycles. The van der Waals surface area contributed by atoms with E-state index >= 15 is 0 Å². The van der Waals surface area contributed by atoms with Crippen LogP contribution in [0, 0.1) is 5.82 Å². The molecule has 0 saturated carbocycles. The highest BCUT2D eigenvalue weighted by atomic mass is 19.1. The first kappa shape index (κ1) is 75.0. The first-order valence-corrected chi connectivity index (χ1v) is 23.4. The zero-order valence-electron chi connectivity index (χ0n) is 41.6. The van der Waals surface area contributed by atoms with Crippen molar-refractivity contribution in [1.29, 1.82) is 0 Å². The summed E-state index contributed by atoms with van der Waals surface area (Å²) in [6.07, 6.45) is -43.6. The SMILES string of the molecule is CNc1ccc(F)cc1.[B][B]B([B])B(B([B])[B])B(B(B([B])[B])B([B])[B])B(B(B(B([B])[B])B([B])[B])B(B([B])[B])B([B])[B])B(B(B(B([B])[B])B([B])[B])B(B([B])[B])B([B])[B])B(B(B([B])[B])B([B])[B])B(B([B])[B])B([B])[B]. The van der Waals surface area contributed by atoms with Crippen molar-refractivity contribution in [2.24, 2.45) is 0 Å². The van der Waals surface area contributed by atoms with Gasteiger partial charge in [0.15, 0.2) is 0 Å². The quantitative estimate of drug-likeness (QED) is 0.0737. The maximum absolute atomic E-state index is 12.2. The van der Waals surface area contributed by atoms with Crippen molar-refractivity contribution in [3.8, 4) is 0 Å². The van der Waals surface area contributed by atoms with E-state index in [4.69, 9.17) is 248 Å². The monoisotopic (exact) mass is 819 g/mol. The summed E-state index contributed by atoms with van der Waals surface area (Å²) in [5.41, 5.74) is 0.927. The van der Waals surface area contributed by atoms with Crippen molar-refractivity contribution in [2.45, 2.75) is 0 Å². The summed E-state index contributed by atoms with van der Waals surface area (Å²) in [5, 5.41) is 2.89. The average molecular weight is 806 g/mol. The van der Waals surface area contributed by atoms with Gasteiger partial charge in [-0.2, -0.15) is 0 Å². The van der Waals surface area contributed by atoms with Crippen LogP contribution < -0.4 is 5.32 Å². The molecule has 1 nitrogen and oxygen atoms in total. The summed E-state index contributed by atoms with van der Waals surface area (Å²) in [6, 6.07) is 6.22. The molecule has 65 radical (unpaired) electrons. The van der Waals surface area contributed by atoms with E-state index in [0.717, 1.165) is 12.7 Å². The third kappa shape index (κ3) is 21.4. The predicted molar refractivity (Wildman–Crippen MR) is 398 cm³/mol. The first-order valence-electron chi connectivity index (χ1n) is 23.4. The van der Waals surface area contributed by atoms with Gasteiger partial charge in [0, 0.05) is 459 Å².